The fraction of sp³-hybridized carbons (Fsp3) is 0.333. The smallest absolute Gasteiger partial charge is 0.407 e. The van der Waals surface area contributed by atoms with Crippen LogP contribution in [-0.2, 0) is 16.1 Å². The van der Waals surface area contributed by atoms with E-state index in [0.29, 0.717) is 6.54 Å². The zero-order valence-corrected chi connectivity index (χ0v) is 10.00. The predicted octanol–water partition coefficient (Wildman–Crippen LogP) is 0.713. The number of carbonyl (C=O) groups is 2. The second-order valence-electron chi connectivity index (χ2n) is 3.81. The first-order valence-electron chi connectivity index (χ1n) is 5.47. The maximum Gasteiger partial charge on any atom is 0.407 e. The molecule has 0 radical (unpaired) electrons. The van der Waals surface area contributed by atoms with Crippen LogP contribution in [0.2, 0.25) is 0 Å². The van der Waals surface area contributed by atoms with Crippen LogP contribution in [0.5, 0.6) is 0 Å². The molecule has 0 aliphatic rings. The Bertz CT molecular complexity index is 408. The first kappa shape index (κ1) is 14.0. The maximum atomic E-state index is 11.4. The van der Waals surface area contributed by atoms with Crippen molar-refractivity contribution in [2.24, 2.45) is 5.73 Å². The molecule has 0 unspecified atom stereocenters. The summed E-state index contributed by atoms with van der Waals surface area (Å²) < 4.78 is 4.84. The van der Waals surface area contributed by atoms with Gasteiger partial charge in [0.1, 0.15) is 12.1 Å². The molecule has 0 spiro atoms. The summed E-state index contributed by atoms with van der Waals surface area (Å²) in [6.45, 7) is 1.75. The van der Waals surface area contributed by atoms with Crippen LogP contribution < -0.4 is 11.1 Å². The van der Waals surface area contributed by atoms with E-state index in [1.165, 1.54) is 6.92 Å². The fourth-order valence-electron chi connectivity index (χ4n) is 1.25. The number of carboxylic acid groups (broad SMARTS) is 1. The summed E-state index contributed by atoms with van der Waals surface area (Å²) in [5.41, 5.74) is 6.23. The molecule has 6 heteroatoms. The van der Waals surface area contributed by atoms with Gasteiger partial charge in [-0.05, 0) is 12.5 Å². The Morgan fingerprint density at radius 2 is 2.00 bits per heavy atom. The molecule has 98 valence electrons. The predicted molar refractivity (Wildman–Crippen MR) is 64.8 cm³/mol. The molecule has 1 aromatic rings. The highest BCUT2D eigenvalue weighted by atomic mass is 16.6. The summed E-state index contributed by atoms with van der Waals surface area (Å²) in [6.07, 6.45) is -1.58. The molecule has 0 saturated heterocycles. The summed E-state index contributed by atoms with van der Waals surface area (Å²) in [4.78, 5) is 21.9. The van der Waals surface area contributed by atoms with E-state index in [1.807, 2.05) is 30.3 Å². The van der Waals surface area contributed by atoms with Crippen molar-refractivity contribution in [1.29, 1.82) is 0 Å². The van der Waals surface area contributed by atoms with Gasteiger partial charge < -0.3 is 20.9 Å². The third kappa shape index (κ3) is 4.42. The van der Waals surface area contributed by atoms with Gasteiger partial charge in [0.05, 0.1) is 0 Å². The van der Waals surface area contributed by atoms with Gasteiger partial charge in [-0.2, -0.15) is 0 Å². The van der Waals surface area contributed by atoms with E-state index in [0.717, 1.165) is 5.56 Å². The number of hydrogen-bond donors (Lipinski definition) is 3. The van der Waals surface area contributed by atoms with Gasteiger partial charge in [0.2, 0.25) is 0 Å². The number of ether oxygens (including phenoxy) is 1. The van der Waals surface area contributed by atoms with Crippen LogP contribution in [0.15, 0.2) is 30.3 Å². The van der Waals surface area contributed by atoms with Crippen molar-refractivity contribution in [2.45, 2.75) is 25.6 Å². The number of benzene rings is 1. The molecule has 0 heterocycles. The first-order chi connectivity index (χ1) is 8.50. The molecule has 2 atom stereocenters. The van der Waals surface area contributed by atoms with E-state index in [-0.39, 0.29) is 0 Å². The Labute approximate surface area is 105 Å². The van der Waals surface area contributed by atoms with Gasteiger partial charge >= 0.3 is 12.1 Å². The summed E-state index contributed by atoms with van der Waals surface area (Å²) in [5, 5.41) is 11.2. The number of hydrogen-bond acceptors (Lipinski definition) is 4. The molecular weight excluding hydrogens is 236 g/mol. The van der Waals surface area contributed by atoms with Crippen molar-refractivity contribution in [3.63, 3.8) is 0 Å². The highest BCUT2D eigenvalue weighted by molar-refractivity contribution is 5.75. The molecule has 0 bridgehead atoms. The maximum absolute atomic E-state index is 11.4. The Morgan fingerprint density at radius 1 is 1.39 bits per heavy atom. The molecule has 0 aliphatic heterocycles. The van der Waals surface area contributed by atoms with Crippen molar-refractivity contribution in [3.8, 4) is 0 Å². The van der Waals surface area contributed by atoms with Crippen LogP contribution in [0.1, 0.15) is 12.5 Å². The molecule has 18 heavy (non-hydrogen) atoms. The lowest BCUT2D eigenvalue weighted by atomic mass is 10.2. The van der Waals surface area contributed by atoms with E-state index in [1.54, 1.807) is 0 Å². The van der Waals surface area contributed by atoms with Crippen molar-refractivity contribution in [1.82, 2.24) is 5.32 Å². The summed E-state index contributed by atoms with van der Waals surface area (Å²) in [5.74, 6) is -1.21. The van der Waals surface area contributed by atoms with Gasteiger partial charge in [0, 0.05) is 6.54 Å². The van der Waals surface area contributed by atoms with Crippen molar-refractivity contribution >= 4 is 12.1 Å². The minimum atomic E-state index is -1.23. The van der Waals surface area contributed by atoms with Crippen molar-refractivity contribution in [2.75, 3.05) is 0 Å². The Morgan fingerprint density at radius 3 is 2.56 bits per heavy atom. The highest BCUT2D eigenvalue weighted by Crippen LogP contribution is 2.00. The van der Waals surface area contributed by atoms with E-state index in [4.69, 9.17) is 15.6 Å². The number of nitrogens with two attached hydrogens (primary N) is 1. The number of rotatable bonds is 5. The average molecular weight is 252 g/mol. The fourth-order valence-corrected chi connectivity index (χ4v) is 1.25. The average Bonchev–Trinajstić information content (AvgIpc) is 2.36. The first-order valence-corrected chi connectivity index (χ1v) is 5.47. The van der Waals surface area contributed by atoms with E-state index in [9.17, 15) is 9.59 Å². The lowest BCUT2D eigenvalue weighted by molar-refractivity contribution is -0.140. The van der Waals surface area contributed by atoms with Crippen molar-refractivity contribution < 1.29 is 19.4 Å². The van der Waals surface area contributed by atoms with Crippen molar-refractivity contribution in [3.05, 3.63) is 35.9 Å². The summed E-state index contributed by atoms with van der Waals surface area (Å²) in [7, 11) is 0. The molecule has 6 nitrogen and oxygen atoms in total. The summed E-state index contributed by atoms with van der Waals surface area (Å²) in [6, 6.07) is 8.05. The van der Waals surface area contributed by atoms with Gasteiger partial charge in [0.25, 0.3) is 0 Å². The van der Waals surface area contributed by atoms with Gasteiger partial charge in [-0.25, -0.2) is 4.79 Å². The Hall–Kier alpha value is -2.08. The van der Waals surface area contributed by atoms with Gasteiger partial charge in [-0.1, -0.05) is 30.3 Å². The normalized spacial score (nSPS) is 13.4. The van der Waals surface area contributed by atoms with Gasteiger partial charge in [0.15, 0.2) is 0 Å². The number of aliphatic carboxylic acids is 1. The quantitative estimate of drug-likeness (QED) is 0.716. The lowest BCUT2D eigenvalue weighted by Crippen LogP contribution is -2.44. The standard InChI is InChI=1S/C12H16N2O4/c1-8(10(13)11(15)16)18-12(17)14-7-9-5-3-2-4-6-9/h2-6,8,10H,7,13H2,1H3,(H,14,17)(H,15,16)/t8-,10+/m1/s1. The van der Waals surface area contributed by atoms with Crippen LogP contribution in [-0.4, -0.2) is 29.3 Å². The van der Waals surface area contributed by atoms with Gasteiger partial charge in [-0.3, -0.25) is 4.79 Å². The lowest BCUT2D eigenvalue weighted by Gasteiger charge is -2.17. The van der Waals surface area contributed by atoms with Crippen LogP contribution in [0.25, 0.3) is 0 Å². The van der Waals surface area contributed by atoms with Gasteiger partial charge in [-0.15, -0.1) is 0 Å². The Balaban J connectivity index is 2.36. The number of amides is 1. The molecule has 0 saturated carbocycles. The minimum absolute atomic E-state index is 0.314. The van der Waals surface area contributed by atoms with Crippen LogP contribution in [0.3, 0.4) is 0 Å². The van der Waals surface area contributed by atoms with Crippen LogP contribution in [0, 0.1) is 0 Å². The highest BCUT2D eigenvalue weighted by Gasteiger charge is 2.23. The molecular formula is C12H16N2O4. The number of carbonyl (C=O) groups excluding carboxylic acids is 1. The number of nitrogens with one attached hydrogen (secondary N) is 1. The molecule has 0 aliphatic carbocycles. The largest absolute Gasteiger partial charge is 0.480 e. The van der Waals surface area contributed by atoms with E-state index >= 15 is 0 Å². The summed E-state index contributed by atoms with van der Waals surface area (Å²) >= 11 is 0. The molecule has 1 amide bonds. The zero-order valence-electron chi connectivity index (χ0n) is 10.00. The number of carboxylic acids is 1. The molecule has 0 aromatic heterocycles. The zero-order chi connectivity index (χ0) is 13.5. The third-order valence-electron chi connectivity index (χ3n) is 2.36. The van der Waals surface area contributed by atoms with Crippen LogP contribution in [0.4, 0.5) is 4.79 Å². The third-order valence-corrected chi connectivity index (χ3v) is 2.36. The molecule has 0 fully saturated rings. The second-order valence-corrected chi connectivity index (χ2v) is 3.81. The number of alkyl carbamates (subject to hydrolysis) is 1. The minimum Gasteiger partial charge on any atom is -0.480 e. The molecule has 1 aromatic carbocycles. The van der Waals surface area contributed by atoms with Crippen LogP contribution >= 0.6 is 0 Å². The monoisotopic (exact) mass is 252 g/mol. The molecule has 4 N–H and O–H groups in total. The van der Waals surface area contributed by atoms with E-state index in [2.05, 4.69) is 5.32 Å². The second kappa shape index (κ2) is 6.61. The Kier molecular flexibility index (Phi) is 5.13. The van der Waals surface area contributed by atoms with E-state index < -0.39 is 24.2 Å². The topological polar surface area (TPSA) is 102 Å². The SMILES string of the molecule is C[C@@H](OC(=O)NCc1ccccc1)[C@H](N)C(=O)O. The molecule has 1 rings (SSSR count).